The summed E-state index contributed by atoms with van der Waals surface area (Å²) in [5, 5.41) is 5.27. The van der Waals surface area contributed by atoms with Gasteiger partial charge in [-0.15, -0.1) is 22.7 Å². The third-order valence-corrected chi connectivity index (χ3v) is 16.8. The number of anilines is 3. The Morgan fingerprint density at radius 1 is 0.446 bits per heavy atom. The number of hydrogen-bond acceptors (Lipinski definition) is 6. The maximum absolute atomic E-state index is 7.00. The number of ether oxygens (including phenoxy) is 1. The fraction of sp³-hybridized carbons (Fsp3) is 0. The molecule has 14 rings (SSSR count). The molecule has 8 heteroatoms. The van der Waals surface area contributed by atoms with E-state index in [1.165, 1.54) is 110 Å². The molecule has 0 aliphatic carbocycles. The largest absolute Gasteiger partial charge is 0.458 e. The van der Waals surface area contributed by atoms with Gasteiger partial charge < -0.3 is 9.64 Å². The van der Waals surface area contributed by atoms with Gasteiger partial charge in [0.2, 0.25) is 6.71 Å². The summed E-state index contributed by atoms with van der Waals surface area (Å²) in [6, 6.07) is 56.7. The van der Waals surface area contributed by atoms with Gasteiger partial charge in [-0.1, -0.05) is 132 Å². The third-order valence-electron chi connectivity index (χ3n) is 12.2. The number of benzene rings is 8. The lowest BCUT2D eigenvalue weighted by atomic mass is 9.32. The minimum Gasteiger partial charge on any atom is -0.458 e. The fourth-order valence-corrected chi connectivity index (χ4v) is 15.0. The van der Waals surface area contributed by atoms with Gasteiger partial charge in [0.15, 0.2) is 0 Å². The number of thiophene rings is 2. The van der Waals surface area contributed by atoms with Crippen molar-refractivity contribution in [3.8, 4) is 11.5 Å². The molecule has 6 heterocycles. The van der Waals surface area contributed by atoms with Crippen molar-refractivity contribution in [2.75, 3.05) is 4.90 Å². The summed E-state index contributed by atoms with van der Waals surface area (Å²) in [4.78, 5) is 7.93. The van der Waals surface area contributed by atoms with Crippen molar-refractivity contribution in [3.63, 3.8) is 0 Å². The van der Waals surface area contributed by atoms with E-state index in [-0.39, 0.29) is 13.4 Å². The number of fused-ring (bicyclic) bond motifs is 16. The molecule has 0 amide bonds. The first-order valence-corrected chi connectivity index (χ1v) is 22.2. The van der Waals surface area contributed by atoms with E-state index < -0.39 is 0 Å². The first-order chi connectivity index (χ1) is 27.8. The molecule has 2 nitrogen and oxygen atoms in total. The predicted octanol–water partition coefficient (Wildman–Crippen LogP) is 10.3. The van der Waals surface area contributed by atoms with E-state index in [2.05, 4.69) is 157 Å². The SMILES string of the molecule is c1ccc(N2c3ccccc3B3c4cc5c(cc4Sc4c3c2cc2sc3ccccc3c42)Sc2cc3sc4ccccc4c3c3c2B5c2ccccc2O3)cc1. The van der Waals surface area contributed by atoms with Gasteiger partial charge in [0, 0.05) is 77.0 Å². The van der Waals surface area contributed by atoms with Crippen molar-refractivity contribution in [2.45, 2.75) is 19.6 Å². The minimum atomic E-state index is 0.0726. The molecule has 8 aromatic carbocycles. The first-order valence-electron chi connectivity index (χ1n) is 19.0. The lowest BCUT2D eigenvalue weighted by molar-refractivity contribution is 0.492. The molecule has 4 aliphatic heterocycles. The smallest absolute Gasteiger partial charge is 0.253 e. The number of nitrogens with zero attached hydrogens (tertiary/aromatic N) is 1. The van der Waals surface area contributed by atoms with Gasteiger partial charge in [0.25, 0.3) is 6.71 Å². The average Bonchev–Trinajstić information content (AvgIpc) is 3.81. The van der Waals surface area contributed by atoms with Crippen molar-refractivity contribution in [3.05, 3.63) is 152 Å². The normalized spacial score (nSPS) is 14.3. The standard InChI is InChI=1S/C48H25B2NOS4/c1-2-12-26(13-3-1)51-33-18-8-6-16-29(33)49-32-22-31-38(24-39(32)56-48-44-28-15-5-11-21-37(28)53-40(44)23-34(51)45(48)49)55-42-25-41-43(27-14-4-10-20-36(27)54-41)47-46(42)50(31)30-17-7-9-19-35(30)52-47/h1-25H. The molecule has 0 N–H and O–H groups in total. The Hall–Kier alpha value is -5.37. The molecule has 0 radical (unpaired) electrons. The van der Waals surface area contributed by atoms with Crippen LogP contribution in [-0.2, 0) is 0 Å². The van der Waals surface area contributed by atoms with Gasteiger partial charge in [-0.3, -0.25) is 0 Å². The van der Waals surface area contributed by atoms with E-state index in [9.17, 15) is 0 Å². The first kappa shape index (κ1) is 30.8. The molecule has 0 unspecified atom stereocenters. The summed E-state index contributed by atoms with van der Waals surface area (Å²) < 4.78 is 12.3. The lowest BCUT2D eigenvalue weighted by Gasteiger charge is -2.41. The highest BCUT2D eigenvalue weighted by molar-refractivity contribution is 8.01. The molecular formula is C48H25B2NOS4. The van der Waals surface area contributed by atoms with Crippen molar-refractivity contribution >= 4 is 150 Å². The van der Waals surface area contributed by atoms with Gasteiger partial charge in [-0.05, 0) is 76.4 Å². The van der Waals surface area contributed by atoms with E-state index in [0.717, 1.165) is 11.5 Å². The molecule has 56 heavy (non-hydrogen) atoms. The van der Waals surface area contributed by atoms with Crippen LogP contribution < -0.4 is 42.4 Å². The monoisotopic (exact) mass is 781 g/mol. The highest BCUT2D eigenvalue weighted by atomic mass is 32.2. The average molecular weight is 782 g/mol. The van der Waals surface area contributed by atoms with Crippen LogP contribution in [0.25, 0.3) is 40.3 Å². The molecule has 2 aromatic heterocycles. The second-order valence-electron chi connectivity index (χ2n) is 15.1. The summed E-state index contributed by atoms with van der Waals surface area (Å²) in [6.45, 7) is 0.161. The van der Waals surface area contributed by atoms with E-state index in [4.69, 9.17) is 4.74 Å². The second-order valence-corrected chi connectivity index (χ2v) is 19.4. The van der Waals surface area contributed by atoms with Crippen molar-refractivity contribution in [2.24, 2.45) is 0 Å². The molecule has 0 spiro atoms. The van der Waals surface area contributed by atoms with Crippen LogP contribution in [0, 0.1) is 0 Å². The maximum Gasteiger partial charge on any atom is 0.253 e. The topological polar surface area (TPSA) is 12.5 Å². The molecule has 0 fully saturated rings. The minimum absolute atomic E-state index is 0.0726. The highest BCUT2D eigenvalue weighted by Crippen LogP contribution is 2.51. The molecule has 4 aliphatic rings. The zero-order chi connectivity index (χ0) is 36.2. The molecule has 0 saturated heterocycles. The van der Waals surface area contributed by atoms with Gasteiger partial charge >= 0.3 is 0 Å². The van der Waals surface area contributed by atoms with Gasteiger partial charge in [0.05, 0.1) is 0 Å². The number of rotatable bonds is 1. The summed E-state index contributed by atoms with van der Waals surface area (Å²) in [5.41, 5.74) is 11.8. The summed E-state index contributed by atoms with van der Waals surface area (Å²) in [6.07, 6.45) is 0. The van der Waals surface area contributed by atoms with Crippen LogP contribution >= 0.6 is 46.2 Å². The summed E-state index contributed by atoms with van der Waals surface area (Å²) >= 11 is 7.70. The third kappa shape index (κ3) is 3.97. The molecular weight excluding hydrogens is 756 g/mol. The molecule has 258 valence electrons. The van der Waals surface area contributed by atoms with E-state index >= 15 is 0 Å². The highest BCUT2D eigenvalue weighted by Gasteiger charge is 2.45. The molecule has 0 saturated carbocycles. The number of hydrogen-bond donors (Lipinski definition) is 0. The second kappa shape index (κ2) is 11.1. The maximum atomic E-state index is 7.00. The summed E-state index contributed by atoms with van der Waals surface area (Å²) in [5.74, 6) is 1.99. The van der Waals surface area contributed by atoms with Gasteiger partial charge in [-0.25, -0.2) is 0 Å². The van der Waals surface area contributed by atoms with Crippen LogP contribution in [0.3, 0.4) is 0 Å². The summed E-state index contributed by atoms with van der Waals surface area (Å²) in [7, 11) is 0. The lowest BCUT2D eigenvalue weighted by Crippen LogP contribution is -2.63. The van der Waals surface area contributed by atoms with Crippen LogP contribution in [0.1, 0.15) is 0 Å². The van der Waals surface area contributed by atoms with Crippen molar-refractivity contribution < 1.29 is 4.74 Å². The van der Waals surface area contributed by atoms with Crippen LogP contribution in [0.4, 0.5) is 17.1 Å². The zero-order valence-electron chi connectivity index (χ0n) is 29.6. The Morgan fingerprint density at radius 2 is 1.09 bits per heavy atom. The fourth-order valence-electron chi connectivity index (χ4n) is 9.98. The predicted molar refractivity (Wildman–Crippen MR) is 244 cm³/mol. The van der Waals surface area contributed by atoms with Crippen LogP contribution in [-0.4, -0.2) is 13.4 Å². The Morgan fingerprint density at radius 3 is 1.91 bits per heavy atom. The molecule has 10 aromatic rings. The van der Waals surface area contributed by atoms with Crippen molar-refractivity contribution in [1.82, 2.24) is 0 Å². The quantitative estimate of drug-likeness (QED) is 0.154. The Labute approximate surface area is 339 Å². The Balaban J connectivity index is 1.07. The van der Waals surface area contributed by atoms with Crippen LogP contribution in [0.2, 0.25) is 0 Å². The van der Waals surface area contributed by atoms with Gasteiger partial charge in [0.1, 0.15) is 11.5 Å². The van der Waals surface area contributed by atoms with Crippen LogP contribution in [0.15, 0.2) is 171 Å². The van der Waals surface area contributed by atoms with Crippen LogP contribution in [0.5, 0.6) is 11.5 Å². The van der Waals surface area contributed by atoms with Crippen molar-refractivity contribution in [1.29, 1.82) is 0 Å². The van der Waals surface area contributed by atoms with E-state index in [1.54, 1.807) is 0 Å². The number of para-hydroxylation sites is 3. The Bertz CT molecular complexity index is 3390. The molecule has 0 atom stereocenters. The van der Waals surface area contributed by atoms with Gasteiger partial charge in [-0.2, -0.15) is 0 Å². The van der Waals surface area contributed by atoms with E-state index in [1.807, 2.05) is 46.2 Å². The molecule has 0 bridgehead atoms. The Kier molecular flexibility index (Phi) is 6.13. The van der Waals surface area contributed by atoms with E-state index in [0.29, 0.717) is 0 Å². The zero-order valence-corrected chi connectivity index (χ0v) is 32.8.